The van der Waals surface area contributed by atoms with E-state index in [9.17, 15) is 18.4 Å². The van der Waals surface area contributed by atoms with Crippen LogP contribution in [-0.2, 0) is 9.59 Å². The van der Waals surface area contributed by atoms with Crippen LogP contribution in [0.25, 0.3) is 6.08 Å². The molecule has 2 aromatic carbocycles. The Balaban J connectivity index is 1.90. The molecule has 0 aromatic heterocycles. The molecular formula is C21H22F2N2O3. The molecule has 0 radical (unpaired) electrons. The van der Waals surface area contributed by atoms with E-state index in [1.54, 1.807) is 12.1 Å². The van der Waals surface area contributed by atoms with Crippen molar-refractivity contribution in [3.8, 4) is 5.75 Å². The van der Waals surface area contributed by atoms with Crippen molar-refractivity contribution in [3.63, 3.8) is 0 Å². The van der Waals surface area contributed by atoms with Gasteiger partial charge in [0.15, 0.2) is 0 Å². The lowest BCUT2D eigenvalue weighted by molar-refractivity contribution is -0.129. The van der Waals surface area contributed by atoms with Gasteiger partial charge < -0.3 is 15.0 Å². The summed E-state index contributed by atoms with van der Waals surface area (Å²) in [5.74, 6) is -0.617. The second-order valence-electron chi connectivity index (χ2n) is 6.27. The first-order valence-corrected chi connectivity index (χ1v) is 8.60. The molecule has 0 heterocycles. The largest absolute Gasteiger partial charge is 0.435 e. The Morgan fingerprint density at radius 2 is 1.82 bits per heavy atom. The summed E-state index contributed by atoms with van der Waals surface area (Å²) in [5.41, 5.74) is 3.40. The van der Waals surface area contributed by atoms with E-state index < -0.39 is 6.61 Å². The lowest BCUT2D eigenvalue weighted by Crippen LogP contribution is -2.34. The maximum absolute atomic E-state index is 12.2. The van der Waals surface area contributed by atoms with Crippen molar-refractivity contribution in [2.75, 3.05) is 18.9 Å². The zero-order valence-corrected chi connectivity index (χ0v) is 15.9. The summed E-state index contributed by atoms with van der Waals surface area (Å²) in [6.07, 6.45) is 2.85. The fourth-order valence-electron chi connectivity index (χ4n) is 2.42. The molecule has 28 heavy (non-hydrogen) atoms. The van der Waals surface area contributed by atoms with Crippen molar-refractivity contribution >= 4 is 23.6 Å². The predicted molar refractivity (Wildman–Crippen MR) is 104 cm³/mol. The molecule has 0 spiro atoms. The van der Waals surface area contributed by atoms with Gasteiger partial charge in [0.2, 0.25) is 11.8 Å². The van der Waals surface area contributed by atoms with Gasteiger partial charge in [-0.3, -0.25) is 9.59 Å². The van der Waals surface area contributed by atoms with Crippen molar-refractivity contribution in [1.82, 2.24) is 4.90 Å². The van der Waals surface area contributed by atoms with Gasteiger partial charge in [-0.15, -0.1) is 0 Å². The number of ether oxygens (including phenoxy) is 1. The average Bonchev–Trinajstić information content (AvgIpc) is 2.64. The first-order chi connectivity index (χ1) is 13.3. The molecule has 0 aliphatic heterocycles. The highest BCUT2D eigenvalue weighted by Gasteiger charge is 2.12. The summed E-state index contributed by atoms with van der Waals surface area (Å²) < 4.78 is 28.5. The van der Waals surface area contributed by atoms with Crippen LogP contribution in [0.2, 0.25) is 0 Å². The maximum atomic E-state index is 12.2. The van der Waals surface area contributed by atoms with Crippen molar-refractivity contribution < 1.29 is 23.1 Å². The molecule has 0 saturated heterocycles. The van der Waals surface area contributed by atoms with E-state index in [0.29, 0.717) is 11.3 Å². The number of carbonyl (C=O) groups is 2. The number of nitrogens with one attached hydrogen (secondary N) is 1. The number of amides is 2. The van der Waals surface area contributed by atoms with Gasteiger partial charge in [-0.05, 0) is 54.8 Å². The van der Waals surface area contributed by atoms with E-state index in [0.717, 1.165) is 11.1 Å². The van der Waals surface area contributed by atoms with Crippen molar-refractivity contribution in [2.45, 2.75) is 20.5 Å². The Hall–Kier alpha value is -3.22. The molecule has 2 aromatic rings. The lowest BCUT2D eigenvalue weighted by atomic mass is 10.1. The van der Waals surface area contributed by atoms with Gasteiger partial charge in [0, 0.05) is 18.8 Å². The first kappa shape index (κ1) is 21.1. The maximum Gasteiger partial charge on any atom is 0.387 e. The topological polar surface area (TPSA) is 58.6 Å². The summed E-state index contributed by atoms with van der Waals surface area (Å²) in [6, 6.07) is 11.5. The molecule has 1 N–H and O–H groups in total. The number of carbonyl (C=O) groups excluding carboxylic acids is 2. The summed E-state index contributed by atoms with van der Waals surface area (Å²) in [5, 5.41) is 2.80. The van der Waals surface area contributed by atoms with Crippen LogP contribution in [0, 0.1) is 13.8 Å². The Kier molecular flexibility index (Phi) is 7.26. The fraction of sp³-hybridized carbons (Fsp3) is 0.238. The number of likely N-dealkylation sites (N-methyl/N-ethyl adjacent to an activating group) is 1. The molecule has 0 aliphatic rings. The Labute approximate surface area is 162 Å². The SMILES string of the molecule is Cc1cccc(NC(=O)CN(C)C(=O)/C=C/c2ccc(OC(F)F)cc2)c1C. The third-order valence-electron chi connectivity index (χ3n) is 4.16. The third-order valence-corrected chi connectivity index (χ3v) is 4.16. The van der Waals surface area contributed by atoms with Gasteiger partial charge in [0.25, 0.3) is 0 Å². The summed E-state index contributed by atoms with van der Waals surface area (Å²) in [4.78, 5) is 25.6. The third kappa shape index (κ3) is 6.19. The highest BCUT2D eigenvalue weighted by Crippen LogP contribution is 2.18. The lowest BCUT2D eigenvalue weighted by Gasteiger charge is -2.16. The average molecular weight is 388 g/mol. The van der Waals surface area contributed by atoms with Crippen LogP contribution in [-0.4, -0.2) is 36.9 Å². The Bertz CT molecular complexity index is 864. The molecule has 0 fully saturated rings. The second kappa shape index (κ2) is 9.64. The van der Waals surface area contributed by atoms with Gasteiger partial charge in [0.05, 0.1) is 6.54 Å². The van der Waals surface area contributed by atoms with E-state index in [-0.39, 0.29) is 24.1 Å². The molecule has 0 aliphatic carbocycles. The number of nitrogens with zero attached hydrogens (tertiary/aromatic N) is 1. The zero-order chi connectivity index (χ0) is 20.7. The van der Waals surface area contributed by atoms with Crippen LogP contribution in [0.3, 0.4) is 0 Å². The monoisotopic (exact) mass is 388 g/mol. The molecule has 2 rings (SSSR count). The number of rotatable bonds is 7. The number of benzene rings is 2. The molecule has 0 saturated carbocycles. The number of halogens is 2. The summed E-state index contributed by atoms with van der Waals surface area (Å²) >= 11 is 0. The molecular weight excluding hydrogens is 366 g/mol. The van der Waals surface area contributed by atoms with Crippen molar-refractivity contribution in [3.05, 3.63) is 65.2 Å². The summed E-state index contributed by atoms with van der Waals surface area (Å²) in [7, 11) is 1.52. The highest BCUT2D eigenvalue weighted by atomic mass is 19.3. The van der Waals surface area contributed by atoms with E-state index in [1.807, 2.05) is 32.0 Å². The van der Waals surface area contributed by atoms with Gasteiger partial charge in [-0.25, -0.2) is 0 Å². The van der Waals surface area contributed by atoms with E-state index in [1.165, 1.54) is 36.2 Å². The number of aryl methyl sites for hydroxylation is 1. The van der Waals surface area contributed by atoms with Crippen LogP contribution >= 0.6 is 0 Å². The molecule has 0 unspecified atom stereocenters. The summed E-state index contributed by atoms with van der Waals surface area (Å²) in [6.45, 7) is 0.890. The smallest absolute Gasteiger partial charge is 0.387 e. The fourth-order valence-corrected chi connectivity index (χ4v) is 2.42. The van der Waals surface area contributed by atoms with Gasteiger partial charge in [-0.1, -0.05) is 24.3 Å². The van der Waals surface area contributed by atoms with Crippen LogP contribution in [0.1, 0.15) is 16.7 Å². The Morgan fingerprint density at radius 3 is 2.46 bits per heavy atom. The molecule has 0 atom stereocenters. The number of hydrogen-bond donors (Lipinski definition) is 1. The molecule has 5 nitrogen and oxygen atoms in total. The minimum Gasteiger partial charge on any atom is -0.435 e. The van der Waals surface area contributed by atoms with Crippen LogP contribution < -0.4 is 10.1 Å². The van der Waals surface area contributed by atoms with E-state index in [4.69, 9.17) is 0 Å². The number of hydrogen-bond acceptors (Lipinski definition) is 3. The molecule has 7 heteroatoms. The minimum atomic E-state index is -2.88. The molecule has 2 amide bonds. The first-order valence-electron chi connectivity index (χ1n) is 8.60. The zero-order valence-electron chi connectivity index (χ0n) is 15.9. The normalized spacial score (nSPS) is 10.9. The van der Waals surface area contributed by atoms with Crippen molar-refractivity contribution in [2.24, 2.45) is 0 Å². The van der Waals surface area contributed by atoms with E-state index in [2.05, 4.69) is 10.1 Å². The van der Waals surface area contributed by atoms with Gasteiger partial charge in [0.1, 0.15) is 5.75 Å². The van der Waals surface area contributed by atoms with Crippen LogP contribution in [0.4, 0.5) is 14.5 Å². The highest BCUT2D eigenvalue weighted by molar-refractivity contribution is 5.98. The Morgan fingerprint density at radius 1 is 1.14 bits per heavy atom. The number of alkyl halides is 2. The van der Waals surface area contributed by atoms with Gasteiger partial charge >= 0.3 is 6.61 Å². The van der Waals surface area contributed by atoms with Crippen LogP contribution in [0.5, 0.6) is 5.75 Å². The van der Waals surface area contributed by atoms with E-state index >= 15 is 0 Å². The van der Waals surface area contributed by atoms with Gasteiger partial charge in [-0.2, -0.15) is 8.78 Å². The second-order valence-corrected chi connectivity index (χ2v) is 6.27. The quantitative estimate of drug-likeness (QED) is 0.729. The molecule has 148 valence electrons. The van der Waals surface area contributed by atoms with Crippen LogP contribution in [0.15, 0.2) is 48.5 Å². The number of anilines is 1. The van der Waals surface area contributed by atoms with Crippen molar-refractivity contribution in [1.29, 1.82) is 0 Å². The molecule has 0 bridgehead atoms. The standard InChI is InChI=1S/C21H22F2N2O3/c1-14-5-4-6-18(15(14)2)24-19(26)13-25(3)20(27)12-9-16-7-10-17(11-8-16)28-21(22)23/h4-12,21H,13H2,1-3H3,(H,24,26)/b12-9+. The minimum absolute atomic E-state index is 0.0405. The predicted octanol–water partition coefficient (Wildman–Crippen LogP) is 4.02.